The zero-order valence-electron chi connectivity index (χ0n) is 11.1. The highest BCUT2D eigenvalue weighted by Gasteiger charge is 2.25. The maximum absolute atomic E-state index is 11.6. The number of amides is 1. The number of rotatable bonds is 10. The Balaban J connectivity index is 1.88. The van der Waals surface area contributed by atoms with Crippen molar-refractivity contribution in [1.82, 2.24) is 10.6 Å². The molecule has 1 atom stereocenters. The smallest absolute Gasteiger partial charge is 0.237 e. The average molecular weight is 258 g/mol. The molecule has 1 rings (SSSR count). The second kappa shape index (κ2) is 8.81. The van der Waals surface area contributed by atoms with Gasteiger partial charge in [0.15, 0.2) is 0 Å². The monoisotopic (exact) mass is 258 g/mol. The van der Waals surface area contributed by atoms with Gasteiger partial charge in [0.05, 0.1) is 6.04 Å². The van der Waals surface area contributed by atoms with E-state index in [1.807, 2.05) is 18.7 Å². The van der Waals surface area contributed by atoms with Gasteiger partial charge in [0.2, 0.25) is 5.91 Å². The molecule has 0 radical (unpaired) electrons. The molecule has 4 heteroatoms. The van der Waals surface area contributed by atoms with Crippen LogP contribution in [0.4, 0.5) is 0 Å². The minimum atomic E-state index is -0.0400. The molecule has 2 N–H and O–H groups in total. The van der Waals surface area contributed by atoms with E-state index in [1.54, 1.807) is 0 Å². The van der Waals surface area contributed by atoms with Gasteiger partial charge in [-0.05, 0) is 51.2 Å². The van der Waals surface area contributed by atoms with Crippen molar-refractivity contribution in [2.75, 3.05) is 18.6 Å². The quantitative estimate of drug-likeness (QED) is 0.590. The molecule has 1 unspecified atom stereocenters. The van der Waals surface area contributed by atoms with E-state index in [0.717, 1.165) is 19.4 Å². The van der Waals surface area contributed by atoms with Crippen molar-refractivity contribution >= 4 is 17.7 Å². The molecule has 0 bridgehead atoms. The van der Waals surface area contributed by atoms with Crippen molar-refractivity contribution in [3.8, 4) is 0 Å². The van der Waals surface area contributed by atoms with Crippen molar-refractivity contribution in [2.24, 2.45) is 0 Å². The van der Waals surface area contributed by atoms with Crippen molar-refractivity contribution < 1.29 is 4.79 Å². The number of hydrogen-bond acceptors (Lipinski definition) is 3. The van der Waals surface area contributed by atoms with Gasteiger partial charge in [-0.25, -0.2) is 0 Å². The largest absolute Gasteiger partial charge is 0.352 e. The fourth-order valence-electron chi connectivity index (χ4n) is 1.69. The summed E-state index contributed by atoms with van der Waals surface area (Å²) in [5.74, 6) is 1.43. The average Bonchev–Trinajstić information content (AvgIpc) is 3.11. The van der Waals surface area contributed by atoms with Gasteiger partial charge in [-0.1, -0.05) is 12.8 Å². The first kappa shape index (κ1) is 14.8. The van der Waals surface area contributed by atoms with E-state index in [9.17, 15) is 4.79 Å². The molecule has 3 nitrogen and oxygen atoms in total. The molecule has 0 aromatic heterocycles. The summed E-state index contributed by atoms with van der Waals surface area (Å²) in [6.45, 7) is 2.91. The summed E-state index contributed by atoms with van der Waals surface area (Å²) in [6.07, 6.45) is 9.55. The molecule has 1 aliphatic carbocycles. The Kier molecular flexibility index (Phi) is 7.69. The molecular weight excluding hydrogens is 232 g/mol. The summed E-state index contributed by atoms with van der Waals surface area (Å²) in [6, 6.07) is 0.431. The van der Waals surface area contributed by atoms with E-state index in [2.05, 4.69) is 16.9 Å². The number of carbonyl (C=O) groups excluding carboxylic acids is 1. The van der Waals surface area contributed by atoms with Crippen LogP contribution >= 0.6 is 11.8 Å². The van der Waals surface area contributed by atoms with Crippen LogP contribution in [0.2, 0.25) is 0 Å². The van der Waals surface area contributed by atoms with E-state index in [0.29, 0.717) is 6.04 Å². The summed E-state index contributed by atoms with van der Waals surface area (Å²) in [7, 11) is 0. The van der Waals surface area contributed by atoms with Crippen LogP contribution in [-0.4, -0.2) is 36.5 Å². The second-order valence-electron chi connectivity index (χ2n) is 4.87. The maximum atomic E-state index is 11.6. The highest BCUT2D eigenvalue weighted by Crippen LogP contribution is 2.18. The first-order valence-electron chi connectivity index (χ1n) is 6.76. The standard InChI is InChI=1S/C13H26N2OS/c1-11(13(16)15-12-7-8-12)14-9-5-3-4-6-10-17-2/h11-12,14H,3-10H2,1-2H3,(H,15,16). The van der Waals surface area contributed by atoms with Gasteiger partial charge >= 0.3 is 0 Å². The third-order valence-corrected chi connectivity index (χ3v) is 3.74. The fraction of sp³-hybridized carbons (Fsp3) is 0.923. The molecular formula is C13H26N2OS. The van der Waals surface area contributed by atoms with Crippen molar-refractivity contribution in [3.05, 3.63) is 0 Å². The molecule has 1 aliphatic rings. The summed E-state index contributed by atoms with van der Waals surface area (Å²) >= 11 is 1.92. The first-order chi connectivity index (χ1) is 8.24. The van der Waals surface area contributed by atoms with Gasteiger partial charge in [0.1, 0.15) is 0 Å². The molecule has 0 saturated heterocycles. The molecule has 17 heavy (non-hydrogen) atoms. The fourth-order valence-corrected chi connectivity index (χ4v) is 2.18. The minimum Gasteiger partial charge on any atom is -0.352 e. The van der Waals surface area contributed by atoms with Crippen LogP contribution < -0.4 is 10.6 Å². The normalized spacial score (nSPS) is 16.8. The minimum absolute atomic E-state index is 0.0400. The Morgan fingerprint density at radius 2 is 2.00 bits per heavy atom. The Morgan fingerprint density at radius 1 is 1.29 bits per heavy atom. The van der Waals surface area contributed by atoms with E-state index >= 15 is 0 Å². The summed E-state index contributed by atoms with van der Waals surface area (Å²) in [5, 5.41) is 6.31. The van der Waals surface area contributed by atoms with Crippen LogP contribution in [0.3, 0.4) is 0 Å². The van der Waals surface area contributed by atoms with Gasteiger partial charge in [-0.2, -0.15) is 11.8 Å². The van der Waals surface area contributed by atoms with Gasteiger partial charge in [-0.3, -0.25) is 4.79 Å². The Labute approximate surface area is 109 Å². The summed E-state index contributed by atoms with van der Waals surface area (Å²) in [5.41, 5.74) is 0. The SMILES string of the molecule is CSCCCCCCNC(C)C(=O)NC1CC1. The highest BCUT2D eigenvalue weighted by atomic mass is 32.2. The first-order valence-corrected chi connectivity index (χ1v) is 8.16. The zero-order valence-corrected chi connectivity index (χ0v) is 11.9. The maximum Gasteiger partial charge on any atom is 0.237 e. The zero-order chi connectivity index (χ0) is 12.5. The van der Waals surface area contributed by atoms with E-state index < -0.39 is 0 Å². The second-order valence-corrected chi connectivity index (χ2v) is 5.85. The lowest BCUT2D eigenvalue weighted by Crippen LogP contribution is -2.43. The number of unbranched alkanes of at least 4 members (excludes halogenated alkanes) is 3. The third kappa shape index (κ3) is 7.66. The number of thioether (sulfide) groups is 1. The molecule has 0 aromatic carbocycles. The number of hydrogen-bond donors (Lipinski definition) is 2. The van der Waals surface area contributed by atoms with Gasteiger partial charge in [0, 0.05) is 6.04 Å². The topological polar surface area (TPSA) is 41.1 Å². The van der Waals surface area contributed by atoms with Crippen LogP contribution in [0, 0.1) is 0 Å². The Hall–Kier alpha value is -0.220. The van der Waals surface area contributed by atoms with Crippen molar-refractivity contribution in [2.45, 2.75) is 57.5 Å². The molecule has 1 fully saturated rings. The van der Waals surface area contributed by atoms with Crippen molar-refractivity contribution in [3.63, 3.8) is 0 Å². The number of carbonyl (C=O) groups is 1. The predicted molar refractivity (Wildman–Crippen MR) is 75.5 cm³/mol. The summed E-state index contributed by atoms with van der Waals surface area (Å²) in [4.78, 5) is 11.6. The van der Waals surface area contributed by atoms with Crippen LogP contribution in [0.1, 0.15) is 45.4 Å². The third-order valence-electron chi connectivity index (χ3n) is 3.04. The molecule has 0 spiro atoms. The summed E-state index contributed by atoms with van der Waals surface area (Å²) < 4.78 is 0. The van der Waals surface area contributed by atoms with Crippen LogP contribution in [0.25, 0.3) is 0 Å². The lowest BCUT2D eigenvalue weighted by atomic mass is 10.2. The molecule has 100 valence electrons. The Morgan fingerprint density at radius 3 is 2.65 bits per heavy atom. The van der Waals surface area contributed by atoms with E-state index in [-0.39, 0.29) is 11.9 Å². The lowest BCUT2D eigenvalue weighted by Gasteiger charge is -2.13. The van der Waals surface area contributed by atoms with E-state index in [4.69, 9.17) is 0 Å². The lowest BCUT2D eigenvalue weighted by molar-refractivity contribution is -0.122. The number of nitrogens with one attached hydrogen (secondary N) is 2. The Bertz CT molecular complexity index is 219. The predicted octanol–water partition coefficient (Wildman–Crippen LogP) is 2.17. The molecule has 0 aliphatic heterocycles. The van der Waals surface area contributed by atoms with Crippen LogP contribution in [0.15, 0.2) is 0 Å². The van der Waals surface area contributed by atoms with Gasteiger partial charge < -0.3 is 10.6 Å². The van der Waals surface area contributed by atoms with Gasteiger partial charge in [-0.15, -0.1) is 0 Å². The van der Waals surface area contributed by atoms with Crippen molar-refractivity contribution in [1.29, 1.82) is 0 Å². The van der Waals surface area contributed by atoms with E-state index in [1.165, 1.54) is 31.4 Å². The molecule has 1 amide bonds. The highest BCUT2D eigenvalue weighted by molar-refractivity contribution is 7.98. The van der Waals surface area contributed by atoms with Gasteiger partial charge in [0.25, 0.3) is 0 Å². The molecule has 0 aromatic rings. The molecule has 0 heterocycles. The molecule has 1 saturated carbocycles. The van der Waals surface area contributed by atoms with Crippen LogP contribution in [-0.2, 0) is 4.79 Å². The van der Waals surface area contributed by atoms with Crippen LogP contribution in [0.5, 0.6) is 0 Å².